The summed E-state index contributed by atoms with van der Waals surface area (Å²) in [5.41, 5.74) is 2.21. The Hall–Kier alpha value is -0.980. The van der Waals surface area contributed by atoms with Crippen molar-refractivity contribution >= 4 is 0 Å². The predicted octanol–water partition coefficient (Wildman–Crippen LogP) is 3.99. The van der Waals surface area contributed by atoms with Gasteiger partial charge in [0.1, 0.15) is 5.75 Å². The summed E-state index contributed by atoms with van der Waals surface area (Å²) >= 11 is 0. The molecule has 1 heterocycles. The third-order valence-corrected chi connectivity index (χ3v) is 4.12. The van der Waals surface area contributed by atoms with Gasteiger partial charge in [-0.3, -0.25) is 0 Å². The van der Waals surface area contributed by atoms with Crippen LogP contribution in [0.25, 0.3) is 0 Å². The SMILES string of the molecule is CC(C)(C)C1c2ccccc2OCC12CC2. The molecule has 0 radical (unpaired) electrons. The van der Waals surface area contributed by atoms with E-state index in [2.05, 4.69) is 45.0 Å². The molecular weight excluding hydrogens is 196 g/mol. The monoisotopic (exact) mass is 216 g/mol. The summed E-state index contributed by atoms with van der Waals surface area (Å²) in [7, 11) is 0. The maximum atomic E-state index is 5.93. The fourth-order valence-corrected chi connectivity index (χ4v) is 3.46. The zero-order valence-electron chi connectivity index (χ0n) is 10.4. The molecule has 1 saturated carbocycles. The average Bonchev–Trinajstić information content (AvgIpc) is 2.96. The first-order valence-electron chi connectivity index (χ1n) is 6.25. The molecule has 1 heteroatoms. The van der Waals surface area contributed by atoms with Crippen LogP contribution in [0.1, 0.15) is 45.1 Å². The largest absolute Gasteiger partial charge is 0.493 e. The van der Waals surface area contributed by atoms with Crippen LogP contribution < -0.4 is 4.74 Å². The molecule has 86 valence electrons. The molecule has 3 rings (SSSR count). The van der Waals surface area contributed by atoms with Gasteiger partial charge >= 0.3 is 0 Å². The molecule has 1 aliphatic heterocycles. The Morgan fingerprint density at radius 3 is 2.50 bits per heavy atom. The van der Waals surface area contributed by atoms with Crippen LogP contribution in [0, 0.1) is 10.8 Å². The second kappa shape index (κ2) is 3.03. The van der Waals surface area contributed by atoms with Gasteiger partial charge in [-0.1, -0.05) is 39.0 Å². The average molecular weight is 216 g/mol. The lowest BCUT2D eigenvalue weighted by atomic mass is 9.66. The molecule has 1 unspecified atom stereocenters. The van der Waals surface area contributed by atoms with Crippen molar-refractivity contribution in [2.45, 2.75) is 39.5 Å². The van der Waals surface area contributed by atoms with E-state index in [9.17, 15) is 0 Å². The normalized spacial score (nSPS) is 26.1. The van der Waals surface area contributed by atoms with Gasteiger partial charge in [-0.05, 0) is 29.9 Å². The Balaban J connectivity index is 2.11. The van der Waals surface area contributed by atoms with E-state index in [-0.39, 0.29) is 0 Å². The van der Waals surface area contributed by atoms with E-state index in [4.69, 9.17) is 4.74 Å². The van der Waals surface area contributed by atoms with Crippen molar-refractivity contribution in [3.63, 3.8) is 0 Å². The molecule has 1 aromatic carbocycles. The van der Waals surface area contributed by atoms with E-state index in [0.717, 1.165) is 12.4 Å². The minimum Gasteiger partial charge on any atom is -0.493 e. The minimum atomic E-state index is 0.330. The van der Waals surface area contributed by atoms with E-state index in [0.29, 0.717) is 16.7 Å². The fraction of sp³-hybridized carbons (Fsp3) is 0.600. The summed E-state index contributed by atoms with van der Waals surface area (Å²) in [5.74, 6) is 1.77. The molecule has 16 heavy (non-hydrogen) atoms. The molecule has 1 fully saturated rings. The molecule has 2 aliphatic rings. The van der Waals surface area contributed by atoms with Crippen molar-refractivity contribution in [3.8, 4) is 5.75 Å². The van der Waals surface area contributed by atoms with Gasteiger partial charge in [0, 0.05) is 11.3 Å². The third kappa shape index (κ3) is 1.37. The van der Waals surface area contributed by atoms with Gasteiger partial charge in [-0.25, -0.2) is 0 Å². The van der Waals surface area contributed by atoms with Crippen molar-refractivity contribution < 1.29 is 4.74 Å². The highest BCUT2D eigenvalue weighted by molar-refractivity contribution is 5.42. The minimum absolute atomic E-state index is 0.330. The second-order valence-corrected chi connectivity index (χ2v) is 6.49. The van der Waals surface area contributed by atoms with Crippen LogP contribution in [0.4, 0.5) is 0 Å². The van der Waals surface area contributed by atoms with Crippen LogP contribution in [0.15, 0.2) is 24.3 Å². The van der Waals surface area contributed by atoms with E-state index in [1.165, 1.54) is 18.4 Å². The van der Waals surface area contributed by atoms with Crippen LogP contribution in [-0.2, 0) is 0 Å². The number of fused-ring (bicyclic) bond motifs is 1. The van der Waals surface area contributed by atoms with Crippen LogP contribution in [-0.4, -0.2) is 6.61 Å². The first-order valence-corrected chi connectivity index (χ1v) is 6.25. The van der Waals surface area contributed by atoms with Crippen molar-refractivity contribution in [1.82, 2.24) is 0 Å². The van der Waals surface area contributed by atoms with E-state index in [1.807, 2.05) is 0 Å². The van der Waals surface area contributed by atoms with Gasteiger partial charge in [0.25, 0.3) is 0 Å². The van der Waals surface area contributed by atoms with Gasteiger partial charge in [0.2, 0.25) is 0 Å². The number of para-hydroxylation sites is 1. The van der Waals surface area contributed by atoms with E-state index < -0.39 is 0 Å². The molecule has 0 aromatic heterocycles. The van der Waals surface area contributed by atoms with Gasteiger partial charge < -0.3 is 4.74 Å². The highest BCUT2D eigenvalue weighted by Crippen LogP contribution is 2.64. The molecule has 0 saturated heterocycles. The lowest BCUT2D eigenvalue weighted by Crippen LogP contribution is -2.35. The molecule has 1 spiro atoms. The highest BCUT2D eigenvalue weighted by Gasteiger charge is 2.56. The molecule has 1 atom stereocenters. The van der Waals surface area contributed by atoms with E-state index in [1.54, 1.807) is 0 Å². The Morgan fingerprint density at radius 2 is 1.88 bits per heavy atom. The predicted molar refractivity (Wildman–Crippen MR) is 65.8 cm³/mol. The van der Waals surface area contributed by atoms with Crippen LogP contribution in [0.3, 0.4) is 0 Å². The quantitative estimate of drug-likeness (QED) is 0.637. The van der Waals surface area contributed by atoms with E-state index >= 15 is 0 Å². The summed E-state index contributed by atoms with van der Waals surface area (Å²) in [6.07, 6.45) is 2.67. The molecule has 0 N–H and O–H groups in total. The van der Waals surface area contributed by atoms with Gasteiger partial charge in [0.15, 0.2) is 0 Å². The Bertz CT molecular complexity index is 410. The molecule has 1 aromatic rings. The summed E-state index contributed by atoms with van der Waals surface area (Å²) < 4.78 is 5.93. The third-order valence-electron chi connectivity index (χ3n) is 4.12. The van der Waals surface area contributed by atoms with Crippen molar-refractivity contribution in [3.05, 3.63) is 29.8 Å². The lowest BCUT2D eigenvalue weighted by Gasteiger charge is -2.42. The van der Waals surface area contributed by atoms with Crippen molar-refractivity contribution in [2.24, 2.45) is 10.8 Å². The summed E-state index contributed by atoms with van der Waals surface area (Å²) in [4.78, 5) is 0. The van der Waals surface area contributed by atoms with Crippen molar-refractivity contribution in [1.29, 1.82) is 0 Å². The van der Waals surface area contributed by atoms with Crippen LogP contribution in [0.2, 0.25) is 0 Å². The fourth-order valence-electron chi connectivity index (χ4n) is 3.46. The van der Waals surface area contributed by atoms with Crippen molar-refractivity contribution in [2.75, 3.05) is 6.61 Å². The summed E-state index contributed by atoms with van der Waals surface area (Å²) in [5, 5.41) is 0. The number of hydrogen-bond acceptors (Lipinski definition) is 1. The number of hydrogen-bond donors (Lipinski definition) is 0. The number of ether oxygens (including phenoxy) is 1. The highest BCUT2D eigenvalue weighted by atomic mass is 16.5. The van der Waals surface area contributed by atoms with Gasteiger partial charge in [0.05, 0.1) is 6.61 Å². The lowest BCUT2D eigenvalue weighted by molar-refractivity contribution is 0.114. The molecule has 0 bridgehead atoms. The molecule has 1 nitrogen and oxygen atoms in total. The Kier molecular flexibility index (Phi) is 1.93. The summed E-state index contributed by atoms with van der Waals surface area (Å²) in [6.45, 7) is 8.01. The standard InChI is InChI=1S/C15H20O/c1-14(2,3)13-11-6-4-5-7-12(11)16-10-15(13)8-9-15/h4-7,13H,8-10H2,1-3H3. The number of benzene rings is 1. The summed E-state index contributed by atoms with van der Waals surface area (Å²) in [6, 6.07) is 8.58. The first-order chi connectivity index (χ1) is 7.53. The topological polar surface area (TPSA) is 9.23 Å². The zero-order chi connectivity index (χ0) is 11.4. The first kappa shape index (κ1) is 10.2. The molecular formula is C15H20O. The maximum absolute atomic E-state index is 5.93. The van der Waals surface area contributed by atoms with Gasteiger partial charge in [-0.15, -0.1) is 0 Å². The molecule has 1 aliphatic carbocycles. The zero-order valence-corrected chi connectivity index (χ0v) is 10.4. The van der Waals surface area contributed by atoms with Gasteiger partial charge in [-0.2, -0.15) is 0 Å². The second-order valence-electron chi connectivity index (χ2n) is 6.49. The van der Waals surface area contributed by atoms with Crippen LogP contribution in [0.5, 0.6) is 5.75 Å². The Labute approximate surface area is 97.8 Å². The van der Waals surface area contributed by atoms with Crippen LogP contribution >= 0.6 is 0 Å². The molecule has 0 amide bonds. The smallest absolute Gasteiger partial charge is 0.122 e. The Morgan fingerprint density at radius 1 is 1.19 bits per heavy atom. The maximum Gasteiger partial charge on any atom is 0.122 e. The number of rotatable bonds is 0.